The van der Waals surface area contributed by atoms with Crippen LogP contribution in [0.1, 0.15) is 40.0 Å². The molecular weight excluding hydrogens is 174 g/mol. The number of rotatable bonds is 7. The number of ether oxygens (including phenoxy) is 1. The highest BCUT2D eigenvalue weighted by atomic mass is 16.5. The monoisotopic (exact) mass is 201 g/mol. The Kier molecular flexibility index (Phi) is 9.42. The zero-order valence-corrected chi connectivity index (χ0v) is 10.4. The molecule has 14 heavy (non-hydrogen) atoms. The second-order valence-corrected chi connectivity index (χ2v) is 3.74. The maximum atomic E-state index is 5.08. The first-order chi connectivity index (χ1) is 6.86. The summed E-state index contributed by atoms with van der Waals surface area (Å²) in [6.45, 7) is 10.8. The average molecular weight is 201 g/mol. The Bertz CT molecular complexity index is 113. The lowest BCUT2D eigenvalue weighted by atomic mass is 10.3. The molecule has 1 fully saturated rings. The maximum absolute atomic E-state index is 5.08. The third-order valence-corrected chi connectivity index (χ3v) is 2.36. The Labute approximate surface area is 89.6 Å². The van der Waals surface area contributed by atoms with Crippen molar-refractivity contribution in [1.82, 2.24) is 4.90 Å². The first kappa shape index (κ1) is 13.9. The van der Waals surface area contributed by atoms with Crippen LogP contribution in [0, 0.1) is 5.92 Å². The van der Waals surface area contributed by atoms with Crippen molar-refractivity contribution in [2.45, 2.75) is 40.0 Å². The molecule has 0 aromatic carbocycles. The van der Waals surface area contributed by atoms with Crippen LogP contribution in [0.3, 0.4) is 0 Å². The quantitative estimate of drug-likeness (QED) is 0.628. The zero-order valence-electron chi connectivity index (χ0n) is 10.4. The van der Waals surface area contributed by atoms with Crippen LogP contribution in [-0.2, 0) is 4.74 Å². The molecule has 0 unspecified atom stereocenters. The van der Waals surface area contributed by atoms with Gasteiger partial charge in [-0.3, -0.25) is 0 Å². The second kappa shape index (κ2) is 9.47. The summed E-state index contributed by atoms with van der Waals surface area (Å²) in [5.74, 6) is 1.01. The van der Waals surface area contributed by atoms with Gasteiger partial charge in [-0.25, -0.2) is 0 Å². The topological polar surface area (TPSA) is 12.5 Å². The molecule has 0 bridgehead atoms. The molecule has 1 saturated carbocycles. The fourth-order valence-electron chi connectivity index (χ4n) is 1.50. The summed E-state index contributed by atoms with van der Waals surface area (Å²) in [4.78, 5) is 2.53. The highest BCUT2D eigenvalue weighted by molar-refractivity contribution is 4.77. The second-order valence-electron chi connectivity index (χ2n) is 3.74. The summed E-state index contributed by atoms with van der Waals surface area (Å²) in [5, 5.41) is 0. The summed E-state index contributed by atoms with van der Waals surface area (Å²) in [6, 6.07) is 0. The normalized spacial score (nSPS) is 15.2. The van der Waals surface area contributed by atoms with Gasteiger partial charge in [-0.1, -0.05) is 20.8 Å². The van der Waals surface area contributed by atoms with Crippen LogP contribution in [0.2, 0.25) is 0 Å². The summed E-state index contributed by atoms with van der Waals surface area (Å²) in [6.07, 6.45) is 4.16. The Morgan fingerprint density at radius 2 is 1.86 bits per heavy atom. The van der Waals surface area contributed by atoms with E-state index in [0.717, 1.165) is 19.1 Å². The SMILES string of the molecule is CC.CCCN(CCOC)CC1CC1. The number of hydrogen-bond acceptors (Lipinski definition) is 2. The smallest absolute Gasteiger partial charge is 0.0589 e. The molecule has 0 heterocycles. The van der Waals surface area contributed by atoms with E-state index in [2.05, 4.69) is 11.8 Å². The first-order valence-electron chi connectivity index (χ1n) is 6.08. The van der Waals surface area contributed by atoms with E-state index >= 15 is 0 Å². The van der Waals surface area contributed by atoms with E-state index in [1.54, 1.807) is 7.11 Å². The molecule has 0 aromatic rings. The van der Waals surface area contributed by atoms with E-state index in [0.29, 0.717) is 0 Å². The van der Waals surface area contributed by atoms with Crippen molar-refractivity contribution >= 4 is 0 Å². The highest BCUT2D eigenvalue weighted by Gasteiger charge is 2.23. The molecule has 0 aliphatic heterocycles. The van der Waals surface area contributed by atoms with Crippen molar-refractivity contribution in [3.63, 3.8) is 0 Å². The zero-order chi connectivity index (χ0) is 10.8. The number of methoxy groups -OCH3 is 1. The molecule has 2 nitrogen and oxygen atoms in total. The number of nitrogens with zero attached hydrogens (tertiary/aromatic N) is 1. The number of hydrogen-bond donors (Lipinski definition) is 0. The minimum atomic E-state index is 0.882. The van der Waals surface area contributed by atoms with Crippen LogP contribution in [0.4, 0.5) is 0 Å². The van der Waals surface area contributed by atoms with Gasteiger partial charge >= 0.3 is 0 Å². The molecule has 1 aliphatic carbocycles. The summed E-state index contributed by atoms with van der Waals surface area (Å²) in [5.41, 5.74) is 0. The van der Waals surface area contributed by atoms with Crippen molar-refractivity contribution < 1.29 is 4.74 Å². The van der Waals surface area contributed by atoms with Gasteiger partial charge in [0.25, 0.3) is 0 Å². The Balaban J connectivity index is 0.000000791. The van der Waals surface area contributed by atoms with Gasteiger partial charge in [-0.15, -0.1) is 0 Å². The maximum Gasteiger partial charge on any atom is 0.0589 e. The van der Waals surface area contributed by atoms with Crippen molar-refractivity contribution in [2.24, 2.45) is 5.92 Å². The van der Waals surface area contributed by atoms with Crippen molar-refractivity contribution in [3.05, 3.63) is 0 Å². The summed E-state index contributed by atoms with van der Waals surface area (Å²) < 4.78 is 5.08. The lowest BCUT2D eigenvalue weighted by Crippen LogP contribution is -2.30. The molecule has 1 rings (SSSR count). The van der Waals surface area contributed by atoms with Gasteiger partial charge in [0, 0.05) is 20.2 Å². The van der Waals surface area contributed by atoms with E-state index in [1.165, 1.54) is 32.4 Å². The van der Waals surface area contributed by atoms with Gasteiger partial charge < -0.3 is 9.64 Å². The van der Waals surface area contributed by atoms with Gasteiger partial charge in [0.2, 0.25) is 0 Å². The van der Waals surface area contributed by atoms with Crippen molar-refractivity contribution in [3.8, 4) is 0 Å². The van der Waals surface area contributed by atoms with Gasteiger partial charge in [0.1, 0.15) is 0 Å². The lowest BCUT2D eigenvalue weighted by molar-refractivity contribution is 0.145. The minimum Gasteiger partial charge on any atom is -0.383 e. The largest absolute Gasteiger partial charge is 0.383 e. The average Bonchev–Trinajstić information content (AvgIpc) is 3.02. The van der Waals surface area contributed by atoms with E-state index in [9.17, 15) is 0 Å². The van der Waals surface area contributed by atoms with E-state index in [4.69, 9.17) is 4.74 Å². The molecule has 0 spiro atoms. The van der Waals surface area contributed by atoms with Crippen LogP contribution >= 0.6 is 0 Å². The van der Waals surface area contributed by atoms with Crippen LogP contribution < -0.4 is 0 Å². The highest BCUT2D eigenvalue weighted by Crippen LogP contribution is 2.29. The minimum absolute atomic E-state index is 0.882. The van der Waals surface area contributed by atoms with Crippen molar-refractivity contribution in [1.29, 1.82) is 0 Å². The Morgan fingerprint density at radius 3 is 2.29 bits per heavy atom. The predicted molar refractivity (Wildman–Crippen MR) is 62.7 cm³/mol. The Morgan fingerprint density at radius 1 is 1.21 bits per heavy atom. The fraction of sp³-hybridized carbons (Fsp3) is 1.00. The third kappa shape index (κ3) is 7.34. The molecule has 86 valence electrons. The molecular formula is C12H27NO. The van der Waals surface area contributed by atoms with Crippen LogP contribution in [0.25, 0.3) is 0 Å². The molecule has 0 saturated heterocycles. The van der Waals surface area contributed by atoms with Crippen molar-refractivity contribution in [2.75, 3.05) is 33.4 Å². The van der Waals surface area contributed by atoms with E-state index in [-0.39, 0.29) is 0 Å². The van der Waals surface area contributed by atoms with Gasteiger partial charge in [-0.05, 0) is 31.7 Å². The van der Waals surface area contributed by atoms with Gasteiger partial charge in [0.05, 0.1) is 6.61 Å². The molecule has 0 N–H and O–H groups in total. The molecule has 0 atom stereocenters. The Hall–Kier alpha value is -0.0800. The molecule has 2 heteroatoms. The summed E-state index contributed by atoms with van der Waals surface area (Å²) in [7, 11) is 1.78. The molecule has 0 radical (unpaired) electrons. The van der Waals surface area contributed by atoms with Crippen LogP contribution in [0.5, 0.6) is 0 Å². The molecule has 0 amide bonds. The molecule has 0 aromatic heterocycles. The van der Waals surface area contributed by atoms with Gasteiger partial charge in [-0.2, -0.15) is 0 Å². The first-order valence-corrected chi connectivity index (χ1v) is 6.08. The molecule has 1 aliphatic rings. The predicted octanol–water partition coefficient (Wildman–Crippen LogP) is 2.78. The van der Waals surface area contributed by atoms with Gasteiger partial charge in [0.15, 0.2) is 0 Å². The summed E-state index contributed by atoms with van der Waals surface area (Å²) >= 11 is 0. The third-order valence-electron chi connectivity index (χ3n) is 2.36. The van der Waals surface area contributed by atoms with Crippen LogP contribution in [-0.4, -0.2) is 38.3 Å². The van der Waals surface area contributed by atoms with Crippen LogP contribution in [0.15, 0.2) is 0 Å². The fourth-order valence-corrected chi connectivity index (χ4v) is 1.50. The van der Waals surface area contributed by atoms with E-state index in [1.807, 2.05) is 13.8 Å². The lowest BCUT2D eigenvalue weighted by Gasteiger charge is -2.20. The van der Waals surface area contributed by atoms with E-state index < -0.39 is 0 Å². The standard InChI is InChI=1S/C10H21NO.C2H6/c1-3-6-11(7-8-12-2)9-10-4-5-10;1-2/h10H,3-9H2,1-2H3;1-2H3.